The number of sulfone groups is 1. The van der Waals surface area contributed by atoms with Crippen LogP contribution in [0.4, 0.5) is 0 Å². The molecule has 0 atom stereocenters. The van der Waals surface area contributed by atoms with Gasteiger partial charge in [-0.15, -0.1) is 0 Å². The van der Waals surface area contributed by atoms with Crippen molar-refractivity contribution < 1.29 is 22.7 Å². The summed E-state index contributed by atoms with van der Waals surface area (Å²) in [5, 5.41) is 2.81. The number of aryl methyl sites for hydroxylation is 2. The Hall–Kier alpha value is -2.67. The zero-order valence-electron chi connectivity index (χ0n) is 17.5. The quantitative estimate of drug-likeness (QED) is 0.710. The van der Waals surface area contributed by atoms with Crippen LogP contribution in [0, 0.1) is 13.8 Å². The van der Waals surface area contributed by atoms with Crippen LogP contribution in [-0.2, 0) is 25.9 Å². The summed E-state index contributed by atoms with van der Waals surface area (Å²) in [7, 11) is -2.52. The number of hydrogen-bond acceptors (Lipinski definition) is 5. The van der Waals surface area contributed by atoms with Gasteiger partial charge < -0.3 is 10.1 Å². The zero-order valence-corrected chi connectivity index (χ0v) is 18.3. The number of nitrogens with one attached hydrogen (secondary N) is 1. The lowest BCUT2D eigenvalue weighted by Crippen LogP contribution is -2.50. The molecule has 0 saturated heterocycles. The van der Waals surface area contributed by atoms with E-state index in [1.165, 1.54) is 7.11 Å². The highest BCUT2D eigenvalue weighted by atomic mass is 32.2. The first-order valence-corrected chi connectivity index (χ1v) is 11.5. The number of amides is 1. The molecule has 1 fully saturated rings. The van der Waals surface area contributed by atoms with Crippen LogP contribution in [0.5, 0.6) is 0 Å². The monoisotopic (exact) mass is 429 g/mol. The van der Waals surface area contributed by atoms with E-state index >= 15 is 0 Å². The van der Waals surface area contributed by atoms with Gasteiger partial charge in [0.1, 0.15) is 0 Å². The Kier molecular flexibility index (Phi) is 6.31. The van der Waals surface area contributed by atoms with Crippen molar-refractivity contribution in [2.75, 3.05) is 7.11 Å². The molecule has 160 valence electrons. The Morgan fingerprint density at radius 2 is 1.63 bits per heavy atom. The minimum atomic E-state index is -3.84. The molecule has 0 radical (unpaired) electrons. The van der Waals surface area contributed by atoms with Crippen molar-refractivity contribution in [3.63, 3.8) is 0 Å². The molecule has 3 rings (SSSR count). The van der Waals surface area contributed by atoms with Crippen LogP contribution in [-0.4, -0.2) is 32.2 Å². The van der Waals surface area contributed by atoms with Crippen LogP contribution >= 0.6 is 0 Å². The Labute approximate surface area is 177 Å². The van der Waals surface area contributed by atoms with Crippen LogP contribution in [0.2, 0.25) is 0 Å². The fourth-order valence-corrected chi connectivity index (χ4v) is 6.06. The lowest BCUT2D eigenvalue weighted by Gasteiger charge is -2.28. The van der Waals surface area contributed by atoms with Crippen molar-refractivity contribution >= 4 is 21.7 Å². The minimum absolute atomic E-state index is 0.185. The first-order chi connectivity index (χ1) is 14.2. The average Bonchev–Trinajstić information content (AvgIpc) is 3.25. The highest BCUT2D eigenvalue weighted by molar-refractivity contribution is 7.93. The summed E-state index contributed by atoms with van der Waals surface area (Å²) in [4.78, 5) is 24.9. The van der Waals surface area contributed by atoms with Crippen molar-refractivity contribution in [3.05, 3.63) is 64.7 Å². The van der Waals surface area contributed by atoms with Gasteiger partial charge in [0.15, 0.2) is 14.6 Å². The summed E-state index contributed by atoms with van der Waals surface area (Å²) in [6.07, 6.45) is 2.03. The van der Waals surface area contributed by atoms with E-state index in [9.17, 15) is 18.0 Å². The molecule has 0 bridgehead atoms. The van der Waals surface area contributed by atoms with Gasteiger partial charge in [0, 0.05) is 6.54 Å². The lowest BCUT2D eigenvalue weighted by atomic mass is 10.1. The largest absolute Gasteiger partial charge is 0.465 e. The van der Waals surface area contributed by atoms with Gasteiger partial charge in [-0.1, -0.05) is 31.0 Å². The van der Waals surface area contributed by atoms with E-state index in [0.29, 0.717) is 31.2 Å². The standard InChI is InChI=1S/C23H27NO5S/c1-16-6-11-20(14-17(16)2)30(27,28)23(12-4-5-13-23)22(26)24-15-18-7-9-19(10-8-18)21(25)29-3/h6-11,14H,4-5,12-13,15H2,1-3H3,(H,24,26). The summed E-state index contributed by atoms with van der Waals surface area (Å²) >= 11 is 0. The van der Waals surface area contributed by atoms with Crippen LogP contribution in [0.15, 0.2) is 47.4 Å². The number of carbonyl (C=O) groups excluding carboxylic acids is 2. The molecule has 0 aliphatic heterocycles. The molecule has 30 heavy (non-hydrogen) atoms. The van der Waals surface area contributed by atoms with Gasteiger partial charge in [0.2, 0.25) is 5.91 Å². The number of carbonyl (C=O) groups is 2. The second-order valence-electron chi connectivity index (χ2n) is 7.82. The molecule has 1 aliphatic rings. The fraction of sp³-hybridized carbons (Fsp3) is 0.391. The van der Waals surface area contributed by atoms with E-state index < -0.39 is 26.5 Å². The molecule has 1 saturated carbocycles. The van der Waals surface area contributed by atoms with E-state index in [-0.39, 0.29) is 11.4 Å². The van der Waals surface area contributed by atoms with Crippen molar-refractivity contribution in [1.29, 1.82) is 0 Å². The molecule has 2 aromatic carbocycles. The number of hydrogen-bond donors (Lipinski definition) is 1. The van der Waals surface area contributed by atoms with E-state index in [0.717, 1.165) is 16.7 Å². The van der Waals surface area contributed by atoms with E-state index in [1.807, 2.05) is 13.8 Å². The SMILES string of the molecule is COC(=O)c1ccc(CNC(=O)C2(S(=O)(=O)c3ccc(C)c(C)c3)CCCC2)cc1. The molecule has 0 heterocycles. The van der Waals surface area contributed by atoms with Gasteiger partial charge in [-0.05, 0) is 67.6 Å². The number of rotatable bonds is 6. The molecular weight excluding hydrogens is 402 g/mol. The normalized spacial score (nSPS) is 15.6. The topological polar surface area (TPSA) is 89.5 Å². The van der Waals surface area contributed by atoms with Crippen LogP contribution < -0.4 is 5.32 Å². The van der Waals surface area contributed by atoms with Crippen LogP contribution in [0.25, 0.3) is 0 Å². The van der Waals surface area contributed by atoms with Crippen LogP contribution in [0.1, 0.15) is 52.7 Å². The van der Waals surface area contributed by atoms with Crippen LogP contribution in [0.3, 0.4) is 0 Å². The maximum Gasteiger partial charge on any atom is 0.337 e. The highest BCUT2D eigenvalue weighted by Gasteiger charge is 2.52. The molecule has 7 heteroatoms. The Balaban J connectivity index is 1.82. The minimum Gasteiger partial charge on any atom is -0.465 e. The molecule has 1 N–H and O–H groups in total. The third kappa shape index (κ3) is 3.99. The van der Waals surface area contributed by atoms with E-state index in [4.69, 9.17) is 0 Å². The van der Waals surface area contributed by atoms with E-state index in [2.05, 4.69) is 10.1 Å². The Bertz CT molecular complexity index is 1050. The second-order valence-corrected chi connectivity index (χ2v) is 10.1. The maximum atomic E-state index is 13.5. The first-order valence-electron chi connectivity index (χ1n) is 9.99. The van der Waals surface area contributed by atoms with Crippen molar-refractivity contribution in [2.24, 2.45) is 0 Å². The number of benzene rings is 2. The Morgan fingerprint density at radius 1 is 1.00 bits per heavy atom. The third-order valence-corrected chi connectivity index (χ3v) is 8.45. The average molecular weight is 430 g/mol. The lowest BCUT2D eigenvalue weighted by molar-refractivity contribution is -0.123. The number of esters is 1. The summed E-state index contributed by atoms with van der Waals surface area (Å²) in [5.41, 5.74) is 3.08. The third-order valence-electron chi connectivity index (χ3n) is 5.96. The molecule has 1 aliphatic carbocycles. The summed E-state index contributed by atoms with van der Waals surface area (Å²) in [5.74, 6) is -0.898. The van der Waals surface area contributed by atoms with Gasteiger partial charge in [-0.3, -0.25) is 4.79 Å². The Morgan fingerprint density at radius 3 is 2.20 bits per heavy atom. The summed E-state index contributed by atoms with van der Waals surface area (Å²) in [6.45, 7) is 3.98. The van der Waals surface area contributed by atoms with Crippen molar-refractivity contribution in [1.82, 2.24) is 5.32 Å². The number of methoxy groups -OCH3 is 1. The molecule has 6 nitrogen and oxygen atoms in total. The van der Waals surface area contributed by atoms with Crippen molar-refractivity contribution in [3.8, 4) is 0 Å². The molecule has 0 aromatic heterocycles. The molecule has 2 aromatic rings. The smallest absolute Gasteiger partial charge is 0.337 e. The summed E-state index contributed by atoms with van der Waals surface area (Å²) < 4.78 is 30.3. The second kappa shape index (κ2) is 8.60. The zero-order chi connectivity index (χ0) is 21.9. The molecular formula is C23H27NO5S. The van der Waals surface area contributed by atoms with Gasteiger partial charge in [-0.25, -0.2) is 13.2 Å². The maximum absolute atomic E-state index is 13.5. The van der Waals surface area contributed by atoms with Gasteiger partial charge in [0.25, 0.3) is 0 Å². The fourth-order valence-electron chi connectivity index (χ4n) is 3.89. The molecule has 1 amide bonds. The van der Waals surface area contributed by atoms with Gasteiger partial charge >= 0.3 is 5.97 Å². The summed E-state index contributed by atoms with van der Waals surface area (Å²) in [6, 6.07) is 11.7. The molecule has 0 spiro atoms. The predicted molar refractivity (Wildman–Crippen MR) is 114 cm³/mol. The first kappa shape index (κ1) is 22.0. The van der Waals surface area contributed by atoms with E-state index in [1.54, 1.807) is 42.5 Å². The van der Waals surface area contributed by atoms with Gasteiger partial charge in [0.05, 0.1) is 17.6 Å². The van der Waals surface area contributed by atoms with Crippen molar-refractivity contribution in [2.45, 2.75) is 55.7 Å². The predicted octanol–water partition coefficient (Wildman–Crippen LogP) is 3.49. The highest BCUT2D eigenvalue weighted by Crippen LogP contribution is 2.41. The molecule has 0 unspecified atom stereocenters. The number of ether oxygens (including phenoxy) is 1. The van der Waals surface area contributed by atoms with Gasteiger partial charge in [-0.2, -0.15) is 0 Å².